The van der Waals surface area contributed by atoms with Gasteiger partial charge in [-0.05, 0) is 40.5 Å². The number of hydrogen-bond donors (Lipinski definition) is 1. The first kappa shape index (κ1) is 13.7. The van der Waals surface area contributed by atoms with Crippen LogP contribution in [0, 0.1) is 5.82 Å². The van der Waals surface area contributed by atoms with Crippen LogP contribution in [0.3, 0.4) is 0 Å². The van der Waals surface area contributed by atoms with Gasteiger partial charge < -0.3 is 10.1 Å². The molecule has 0 saturated carbocycles. The van der Waals surface area contributed by atoms with Gasteiger partial charge in [-0.3, -0.25) is 0 Å². The first-order chi connectivity index (χ1) is 9.19. The van der Waals surface area contributed by atoms with Crippen molar-refractivity contribution in [3.05, 3.63) is 40.9 Å². The van der Waals surface area contributed by atoms with Crippen molar-refractivity contribution in [1.29, 1.82) is 0 Å². The van der Waals surface area contributed by atoms with Crippen LogP contribution < -0.4 is 10.1 Å². The van der Waals surface area contributed by atoms with E-state index in [0.717, 1.165) is 13.0 Å². The van der Waals surface area contributed by atoms with Gasteiger partial charge in [0, 0.05) is 12.6 Å². The maximum atomic E-state index is 13.0. The Hall–Kier alpha value is -1.69. The average molecular weight is 326 g/mol. The van der Waals surface area contributed by atoms with Gasteiger partial charge in [0.25, 0.3) is 0 Å². The normalized spacial score (nSPS) is 10.3. The molecule has 0 amide bonds. The van der Waals surface area contributed by atoms with Gasteiger partial charge in [-0.15, -0.1) is 0 Å². The summed E-state index contributed by atoms with van der Waals surface area (Å²) in [6.07, 6.45) is 2.43. The van der Waals surface area contributed by atoms with Gasteiger partial charge in [0.05, 0.1) is 4.47 Å². The molecule has 0 bridgehead atoms. The van der Waals surface area contributed by atoms with Crippen molar-refractivity contribution in [3.63, 3.8) is 0 Å². The van der Waals surface area contributed by atoms with Gasteiger partial charge >= 0.3 is 0 Å². The van der Waals surface area contributed by atoms with Gasteiger partial charge in [-0.1, -0.05) is 6.92 Å². The van der Waals surface area contributed by atoms with E-state index < -0.39 is 0 Å². The number of nitrogens with one attached hydrogen (secondary N) is 1. The number of benzene rings is 1. The predicted molar refractivity (Wildman–Crippen MR) is 75.0 cm³/mol. The summed E-state index contributed by atoms with van der Waals surface area (Å²) in [6, 6.07) is 5.91. The molecule has 1 N–H and O–H groups in total. The standard InChI is InChI=1S/C13H13BrFN3O/c1-2-5-16-12-7-13(18-8-17-12)19-11-4-3-9(15)6-10(11)14/h3-4,6-8H,2,5H2,1H3,(H,16,17,18). The summed E-state index contributed by atoms with van der Waals surface area (Å²) in [6.45, 7) is 2.90. The number of ether oxygens (including phenoxy) is 1. The quantitative estimate of drug-likeness (QED) is 0.902. The van der Waals surface area contributed by atoms with Crippen LogP contribution >= 0.6 is 15.9 Å². The lowest BCUT2D eigenvalue weighted by molar-refractivity contribution is 0.457. The monoisotopic (exact) mass is 325 g/mol. The first-order valence-electron chi connectivity index (χ1n) is 5.88. The van der Waals surface area contributed by atoms with Gasteiger partial charge in [0.2, 0.25) is 5.88 Å². The molecule has 6 heteroatoms. The Labute approximate surface area is 119 Å². The smallest absolute Gasteiger partial charge is 0.224 e. The lowest BCUT2D eigenvalue weighted by Gasteiger charge is -2.08. The Morgan fingerprint density at radius 1 is 1.32 bits per heavy atom. The van der Waals surface area contributed by atoms with Gasteiger partial charge in [-0.2, -0.15) is 0 Å². The number of hydrogen-bond acceptors (Lipinski definition) is 4. The van der Waals surface area contributed by atoms with Crippen LogP contribution in [0.15, 0.2) is 35.1 Å². The fourth-order valence-corrected chi connectivity index (χ4v) is 1.85. The van der Waals surface area contributed by atoms with Crippen molar-refractivity contribution < 1.29 is 9.13 Å². The third-order valence-corrected chi connectivity index (χ3v) is 2.93. The molecule has 1 aromatic carbocycles. The molecule has 0 atom stereocenters. The number of halogens is 2. The molecule has 1 aromatic heterocycles. The van der Waals surface area contributed by atoms with Crippen LogP contribution in [-0.4, -0.2) is 16.5 Å². The molecule has 19 heavy (non-hydrogen) atoms. The molecule has 0 aliphatic rings. The molecule has 0 fully saturated rings. The molecule has 0 saturated heterocycles. The van der Waals surface area contributed by atoms with E-state index in [1.807, 2.05) is 0 Å². The maximum Gasteiger partial charge on any atom is 0.224 e. The minimum absolute atomic E-state index is 0.327. The Morgan fingerprint density at radius 2 is 2.16 bits per heavy atom. The van der Waals surface area contributed by atoms with E-state index in [0.29, 0.717) is 21.9 Å². The van der Waals surface area contributed by atoms with Crippen molar-refractivity contribution in [2.24, 2.45) is 0 Å². The van der Waals surface area contributed by atoms with E-state index in [2.05, 4.69) is 38.1 Å². The zero-order chi connectivity index (χ0) is 13.7. The topological polar surface area (TPSA) is 47.0 Å². The largest absolute Gasteiger partial charge is 0.438 e. The summed E-state index contributed by atoms with van der Waals surface area (Å²) in [4.78, 5) is 8.10. The summed E-state index contributed by atoms with van der Waals surface area (Å²) in [5.74, 6) is 1.28. The van der Waals surface area contributed by atoms with Crippen molar-refractivity contribution in [1.82, 2.24) is 9.97 Å². The third-order valence-electron chi connectivity index (χ3n) is 2.31. The van der Waals surface area contributed by atoms with Gasteiger partial charge in [0.1, 0.15) is 23.7 Å². The highest BCUT2D eigenvalue weighted by Crippen LogP contribution is 2.29. The maximum absolute atomic E-state index is 13.0. The number of aromatic nitrogens is 2. The van der Waals surface area contributed by atoms with E-state index >= 15 is 0 Å². The Bertz CT molecular complexity index is 565. The second-order valence-electron chi connectivity index (χ2n) is 3.85. The number of anilines is 1. The van der Waals surface area contributed by atoms with Crippen LogP contribution in [0.2, 0.25) is 0 Å². The molecule has 2 aromatic rings. The molecule has 100 valence electrons. The van der Waals surface area contributed by atoms with Crippen LogP contribution in [0.1, 0.15) is 13.3 Å². The lowest BCUT2D eigenvalue weighted by atomic mass is 10.3. The van der Waals surface area contributed by atoms with E-state index in [-0.39, 0.29) is 5.82 Å². The van der Waals surface area contributed by atoms with Crippen molar-refractivity contribution >= 4 is 21.7 Å². The van der Waals surface area contributed by atoms with E-state index in [1.165, 1.54) is 18.5 Å². The second-order valence-corrected chi connectivity index (χ2v) is 4.70. The highest BCUT2D eigenvalue weighted by Gasteiger charge is 2.06. The molecule has 0 radical (unpaired) electrons. The summed E-state index contributed by atoms with van der Waals surface area (Å²) in [5.41, 5.74) is 0. The van der Waals surface area contributed by atoms with Gasteiger partial charge in [-0.25, -0.2) is 14.4 Å². The van der Waals surface area contributed by atoms with Crippen molar-refractivity contribution in [2.45, 2.75) is 13.3 Å². The van der Waals surface area contributed by atoms with Crippen LogP contribution in [0.4, 0.5) is 10.2 Å². The van der Waals surface area contributed by atoms with Crippen molar-refractivity contribution in [2.75, 3.05) is 11.9 Å². The third kappa shape index (κ3) is 3.89. The zero-order valence-corrected chi connectivity index (χ0v) is 11.9. The fourth-order valence-electron chi connectivity index (χ4n) is 1.42. The highest BCUT2D eigenvalue weighted by molar-refractivity contribution is 9.10. The zero-order valence-electron chi connectivity index (χ0n) is 10.4. The molecule has 0 aliphatic carbocycles. The molecule has 1 heterocycles. The summed E-state index contributed by atoms with van der Waals surface area (Å²) >= 11 is 3.24. The lowest BCUT2D eigenvalue weighted by Crippen LogP contribution is -2.02. The SMILES string of the molecule is CCCNc1cc(Oc2ccc(F)cc2Br)ncn1. The molecule has 0 unspecified atom stereocenters. The van der Waals surface area contributed by atoms with Crippen LogP contribution in [0.5, 0.6) is 11.6 Å². The average Bonchev–Trinajstić information content (AvgIpc) is 2.40. The predicted octanol–water partition coefficient (Wildman–Crippen LogP) is 3.99. The van der Waals surface area contributed by atoms with E-state index in [1.54, 1.807) is 12.1 Å². The summed E-state index contributed by atoms with van der Waals surface area (Å²) < 4.78 is 19.1. The van der Waals surface area contributed by atoms with E-state index in [9.17, 15) is 4.39 Å². The second kappa shape index (κ2) is 6.47. The molecular formula is C13H13BrFN3O. The highest BCUT2D eigenvalue weighted by atomic mass is 79.9. The van der Waals surface area contributed by atoms with Crippen molar-refractivity contribution in [3.8, 4) is 11.6 Å². The Morgan fingerprint density at radius 3 is 2.89 bits per heavy atom. The minimum atomic E-state index is -0.327. The van der Waals surface area contributed by atoms with E-state index in [4.69, 9.17) is 4.74 Å². The first-order valence-corrected chi connectivity index (χ1v) is 6.67. The van der Waals surface area contributed by atoms with Crippen LogP contribution in [0.25, 0.3) is 0 Å². The number of rotatable bonds is 5. The molecular weight excluding hydrogens is 313 g/mol. The van der Waals surface area contributed by atoms with Crippen LogP contribution in [-0.2, 0) is 0 Å². The fraction of sp³-hybridized carbons (Fsp3) is 0.231. The minimum Gasteiger partial charge on any atom is -0.438 e. The van der Waals surface area contributed by atoms with Gasteiger partial charge in [0.15, 0.2) is 0 Å². The summed E-state index contributed by atoms with van der Waals surface area (Å²) in [7, 11) is 0. The molecule has 2 rings (SSSR count). The Kier molecular flexibility index (Phi) is 4.68. The summed E-state index contributed by atoms with van der Waals surface area (Å²) in [5, 5.41) is 3.14. The number of nitrogens with zero attached hydrogens (tertiary/aromatic N) is 2. The molecule has 0 spiro atoms. The Balaban J connectivity index is 2.14. The molecule has 0 aliphatic heterocycles. The molecule has 4 nitrogen and oxygen atoms in total.